The van der Waals surface area contributed by atoms with Crippen molar-refractivity contribution < 1.29 is 31.2 Å². The molecule has 2 aromatic rings. The number of nitrogens with one attached hydrogen (secondary N) is 5. The summed E-state index contributed by atoms with van der Waals surface area (Å²) in [5.41, 5.74) is 0.854. The molecule has 2 aliphatic rings. The summed E-state index contributed by atoms with van der Waals surface area (Å²) in [5.74, 6) is 0.419. The van der Waals surface area contributed by atoms with Gasteiger partial charge in [0.15, 0.2) is 8.87 Å². The fraction of sp³-hybridized carbons (Fsp3) is 0.581. The van der Waals surface area contributed by atoms with E-state index in [2.05, 4.69) is 26.0 Å². The van der Waals surface area contributed by atoms with Crippen molar-refractivity contribution >= 4 is 75.8 Å². The molecule has 0 aliphatic carbocycles. The number of nitrogens with zero attached hydrogens (tertiary/aromatic N) is 1. The average molecular weight is 743 g/mol. The molecular formula is C31H46N6O7S4. The summed E-state index contributed by atoms with van der Waals surface area (Å²) in [6.45, 7) is 0.443. The topological polar surface area (TPSA) is 183 Å². The second kappa shape index (κ2) is 17.3. The number of thioether (sulfide) groups is 1. The second-order valence-electron chi connectivity index (χ2n) is 12.2. The van der Waals surface area contributed by atoms with Crippen molar-refractivity contribution in [1.29, 1.82) is 0 Å². The van der Waals surface area contributed by atoms with Crippen LogP contribution in [-0.2, 0) is 28.5 Å². The minimum Gasteiger partial charge on any atom is -0.377 e. The highest BCUT2D eigenvalue weighted by Gasteiger charge is 2.42. The number of anilines is 1. The first-order valence-electron chi connectivity index (χ1n) is 16.0. The monoisotopic (exact) mass is 742 g/mol. The number of benzene rings is 2. The number of amides is 4. The van der Waals surface area contributed by atoms with Crippen LogP contribution in [0.25, 0.3) is 10.8 Å². The number of hydrogen-bond acceptors (Lipinski definition) is 10. The molecule has 0 aromatic heterocycles. The highest BCUT2D eigenvalue weighted by molar-refractivity contribution is 8.71. The van der Waals surface area contributed by atoms with Crippen LogP contribution in [0.15, 0.2) is 41.3 Å². The second-order valence-corrected chi connectivity index (χ2v) is 19.8. The fourth-order valence-corrected chi connectivity index (χ4v) is 10.6. The molecule has 0 unspecified atom stereocenters. The van der Waals surface area contributed by atoms with E-state index in [0.29, 0.717) is 47.2 Å². The van der Waals surface area contributed by atoms with E-state index in [9.17, 15) is 31.2 Å². The minimum atomic E-state index is -4.14. The predicted octanol–water partition coefficient (Wildman–Crippen LogP) is 2.37. The molecule has 4 rings (SSSR count). The summed E-state index contributed by atoms with van der Waals surface area (Å²) >= 11 is 1.85. The number of sulfonamides is 1. The van der Waals surface area contributed by atoms with Crippen molar-refractivity contribution in [3.05, 3.63) is 36.4 Å². The smallest absolute Gasteiger partial charge is 0.315 e. The van der Waals surface area contributed by atoms with Crippen LogP contribution in [0.2, 0.25) is 0 Å². The zero-order valence-corrected chi connectivity index (χ0v) is 30.8. The number of urea groups is 1. The quantitative estimate of drug-likeness (QED) is 0.0815. The molecule has 48 heavy (non-hydrogen) atoms. The van der Waals surface area contributed by atoms with Crippen LogP contribution in [0.4, 0.5) is 10.5 Å². The third kappa shape index (κ3) is 10.9. The molecule has 0 spiro atoms. The lowest BCUT2D eigenvalue weighted by atomic mass is 10.0. The summed E-state index contributed by atoms with van der Waals surface area (Å²) < 4.78 is 52.9. The Morgan fingerprint density at radius 1 is 0.979 bits per heavy atom. The molecule has 2 aliphatic heterocycles. The van der Waals surface area contributed by atoms with Crippen LogP contribution in [0.1, 0.15) is 44.9 Å². The Kier molecular flexibility index (Phi) is 13.7. The van der Waals surface area contributed by atoms with E-state index in [1.807, 2.05) is 42.9 Å². The number of unbranched alkanes of at least 4 members (excludes halogenated alkanes) is 2. The van der Waals surface area contributed by atoms with E-state index < -0.39 is 30.8 Å². The van der Waals surface area contributed by atoms with Gasteiger partial charge in [0.2, 0.25) is 21.8 Å². The molecule has 2 heterocycles. The van der Waals surface area contributed by atoms with Gasteiger partial charge in [0.05, 0.1) is 17.0 Å². The van der Waals surface area contributed by atoms with Crippen LogP contribution in [0.3, 0.4) is 0 Å². The summed E-state index contributed by atoms with van der Waals surface area (Å²) in [4.78, 5) is 39.1. The van der Waals surface area contributed by atoms with Gasteiger partial charge >= 0.3 is 6.03 Å². The summed E-state index contributed by atoms with van der Waals surface area (Å²) in [6, 6.07) is 9.56. The van der Waals surface area contributed by atoms with Crippen LogP contribution in [0.5, 0.6) is 0 Å². The first-order valence-corrected chi connectivity index (χ1v) is 22.0. The molecule has 4 amide bonds. The third-order valence-electron chi connectivity index (χ3n) is 8.27. The lowest BCUT2D eigenvalue weighted by molar-refractivity contribution is -0.123. The maximum absolute atomic E-state index is 13.7. The fourth-order valence-electron chi connectivity index (χ4n) is 5.94. The van der Waals surface area contributed by atoms with Crippen molar-refractivity contribution in [2.24, 2.45) is 0 Å². The van der Waals surface area contributed by atoms with Gasteiger partial charge in [-0.15, -0.1) is 0 Å². The van der Waals surface area contributed by atoms with E-state index in [-0.39, 0.29) is 47.6 Å². The van der Waals surface area contributed by atoms with Crippen LogP contribution in [-0.4, -0.2) is 103 Å². The Bertz CT molecular complexity index is 1670. The number of carbonyl (C=O) groups is 3. The summed E-state index contributed by atoms with van der Waals surface area (Å²) in [7, 11) is -2.97. The van der Waals surface area contributed by atoms with Gasteiger partial charge in [-0.05, 0) is 55.0 Å². The Hall–Kier alpha value is -2.73. The first kappa shape index (κ1) is 38.1. The molecule has 4 atom stereocenters. The summed E-state index contributed by atoms with van der Waals surface area (Å²) in [6.07, 6.45) is 5.22. The average Bonchev–Trinajstić information content (AvgIpc) is 3.58. The standard InChI is InChI=1S/C31H46N6O7S4/c1-37(2)25-13-8-11-22-21(25)10-9-15-27(22)48(43,44)36-23(30(39)33-18-19-46-47(3,41)42)12-6-7-17-32-28(38)16-5-4-14-26-29-24(20-45-26)34-31(40)35-29/h8-11,13,15,23-24,26,29,36H,4-7,12,14,16-20H2,1-3H3,(H,32,38)(H,33,39)(H2,34,35,40)/t23-,24+,26+,29-/m0/s1. The van der Waals surface area contributed by atoms with Crippen LogP contribution < -0.4 is 30.9 Å². The van der Waals surface area contributed by atoms with Gasteiger partial charge in [-0.3, -0.25) is 9.59 Å². The molecule has 266 valence electrons. The Morgan fingerprint density at radius 3 is 2.48 bits per heavy atom. The Balaban J connectivity index is 1.28. The van der Waals surface area contributed by atoms with Gasteiger partial charge in [0.25, 0.3) is 0 Å². The zero-order chi connectivity index (χ0) is 34.9. The number of hydrogen-bond donors (Lipinski definition) is 5. The molecule has 5 N–H and O–H groups in total. The van der Waals surface area contributed by atoms with Gasteiger partial charge < -0.3 is 26.2 Å². The normalized spacial score (nSPS) is 19.7. The molecule has 13 nitrogen and oxygen atoms in total. The molecule has 2 aromatic carbocycles. The molecule has 0 bridgehead atoms. The largest absolute Gasteiger partial charge is 0.377 e. The van der Waals surface area contributed by atoms with Crippen molar-refractivity contribution in [2.75, 3.05) is 49.8 Å². The van der Waals surface area contributed by atoms with Crippen molar-refractivity contribution in [1.82, 2.24) is 26.0 Å². The van der Waals surface area contributed by atoms with Crippen molar-refractivity contribution in [2.45, 2.75) is 73.2 Å². The minimum absolute atomic E-state index is 0.0531. The van der Waals surface area contributed by atoms with Crippen LogP contribution >= 0.6 is 22.6 Å². The SMILES string of the molecule is CN(C)c1cccc2c(S(=O)(=O)N[C@@H](CCCCNC(=O)CCCC[C@H]3SC[C@H]4NC(=O)N[C@@H]43)C(=O)NCCSS(C)(=O)=O)cccc12. The van der Waals surface area contributed by atoms with Crippen molar-refractivity contribution in [3.63, 3.8) is 0 Å². The maximum atomic E-state index is 13.7. The van der Waals surface area contributed by atoms with Gasteiger partial charge in [-0.25, -0.2) is 21.6 Å². The molecular weight excluding hydrogens is 697 g/mol. The zero-order valence-electron chi connectivity index (χ0n) is 27.5. The molecule has 2 saturated heterocycles. The highest BCUT2D eigenvalue weighted by atomic mass is 33.1. The van der Waals surface area contributed by atoms with Gasteiger partial charge in [0.1, 0.15) is 6.04 Å². The predicted molar refractivity (Wildman–Crippen MR) is 194 cm³/mol. The number of carbonyl (C=O) groups excluding carboxylic acids is 3. The van der Waals surface area contributed by atoms with E-state index in [1.54, 1.807) is 18.2 Å². The lowest BCUT2D eigenvalue weighted by Crippen LogP contribution is -2.47. The molecule has 0 saturated carbocycles. The van der Waals surface area contributed by atoms with Gasteiger partial charge in [0, 0.05) is 73.1 Å². The Morgan fingerprint density at radius 2 is 1.73 bits per heavy atom. The lowest BCUT2D eigenvalue weighted by Gasteiger charge is -2.20. The first-order chi connectivity index (χ1) is 22.7. The maximum Gasteiger partial charge on any atom is 0.315 e. The van der Waals surface area contributed by atoms with E-state index >= 15 is 0 Å². The van der Waals surface area contributed by atoms with E-state index in [1.165, 1.54) is 6.07 Å². The third-order valence-corrected chi connectivity index (χ3v) is 13.9. The number of fused-ring (bicyclic) bond motifs is 2. The Labute approximate surface area is 291 Å². The number of rotatable bonds is 19. The highest BCUT2D eigenvalue weighted by Crippen LogP contribution is 2.33. The van der Waals surface area contributed by atoms with Gasteiger partial charge in [-0.1, -0.05) is 30.7 Å². The molecule has 17 heteroatoms. The van der Waals surface area contributed by atoms with E-state index in [4.69, 9.17) is 0 Å². The van der Waals surface area contributed by atoms with Gasteiger partial charge in [-0.2, -0.15) is 16.5 Å². The molecule has 0 radical (unpaired) electrons. The van der Waals surface area contributed by atoms with Crippen molar-refractivity contribution in [3.8, 4) is 0 Å². The summed E-state index contributed by atoms with van der Waals surface area (Å²) in [5, 5.41) is 13.1. The van der Waals surface area contributed by atoms with E-state index in [0.717, 1.165) is 42.3 Å². The van der Waals surface area contributed by atoms with Crippen LogP contribution in [0, 0.1) is 0 Å². The molecule has 2 fully saturated rings.